The molecule has 2 fully saturated rings. The molecule has 4 nitrogen and oxygen atoms in total. The van der Waals surface area contributed by atoms with Crippen molar-refractivity contribution in [3.05, 3.63) is 0 Å². The van der Waals surface area contributed by atoms with Gasteiger partial charge in [0, 0.05) is 12.6 Å². The van der Waals surface area contributed by atoms with Gasteiger partial charge < -0.3 is 10.8 Å². The predicted octanol–water partition coefficient (Wildman–Crippen LogP) is -0.541. The summed E-state index contributed by atoms with van der Waals surface area (Å²) >= 11 is 0. The van der Waals surface area contributed by atoms with E-state index >= 15 is 0 Å². The molecule has 13 heavy (non-hydrogen) atoms. The standard InChI is InChI=1S/C9H16N2O2/c10-9(13)8-4-7(12)5-11(8)6-2-1-3-6/h6-8,12H,1-5H2,(H2,10,13). The van der Waals surface area contributed by atoms with E-state index in [-0.39, 0.29) is 18.1 Å². The highest BCUT2D eigenvalue weighted by atomic mass is 16.3. The smallest absolute Gasteiger partial charge is 0.234 e. The molecule has 2 atom stereocenters. The molecule has 0 spiro atoms. The number of primary amides is 1. The minimum Gasteiger partial charge on any atom is -0.392 e. The second kappa shape index (κ2) is 3.27. The van der Waals surface area contributed by atoms with Crippen LogP contribution >= 0.6 is 0 Å². The number of nitrogens with zero attached hydrogens (tertiary/aromatic N) is 1. The fraction of sp³-hybridized carbons (Fsp3) is 0.889. The zero-order valence-corrected chi connectivity index (χ0v) is 7.65. The number of amides is 1. The number of aliphatic hydroxyl groups excluding tert-OH is 1. The average Bonchev–Trinajstić information content (AvgIpc) is 2.27. The maximum atomic E-state index is 11.1. The molecule has 1 saturated heterocycles. The number of carbonyl (C=O) groups excluding carboxylic acids is 1. The summed E-state index contributed by atoms with van der Waals surface area (Å²) < 4.78 is 0. The third-order valence-electron chi connectivity index (χ3n) is 3.19. The summed E-state index contributed by atoms with van der Waals surface area (Å²) in [6.45, 7) is 0.623. The van der Waals surface area contributed by atoms with E-state index in [9.17, 15) is 9.90 Å². The first kappa shape index (κ1) is 8.97. The molecule has 1 saturated carbocycles. The summed E-state index contributed by atoms with van der Waals surface area (Å²) in [5, 5.41) is 9.44. The Labute approximate surface area is 77.7 Å². The van der Waals surface area contributed by atoms with E-state index in [2.05, 4.69) is 4.90 Å². The molecule has 1 aliphatic heterocycles. The third-order valence-corrected chi connectivity index (χ3v) is 3.19. The molecular formula is C9H16N2O2. The van der Waals surface area contributed by atoms with Crippen LogP contribution in [0.25, 0.3) is 0 Å². The maximum Gasteiger partial charge on any atom is 0.234 e. The highest BCUT2D eigenvalue weighted by molar-refractivity contribution is 5.80. The van der Waals surface area contributed by atoms with Gasteiger partial charge in [-0.25, -0.2) is 0 Å². The Kier molecular flexibility index (Phi) is 2.26. The molecule has 0 aromatic carbocycles. The number of hydrogen-bond donors (Lipinski definition) is 2. The molecular weight excluding hydrogens is 168 g/mol. The van der Waals surface area contributed by atoms with Gasteiger partial charge in [0.15, 0.2) is 0 Å². The van der Waals surface area contributed by atoms with Crippen LogP contribution in [0.5, 0.6) is 0 Å². The number of aliphatic hydroxyl groups is 1. The van der Waals surface area contributed by atoms with Gasteiger partial charge in [-0.1, -0.05) is 6.42 Å². The summed E-state index contributed by atoms with van der Waals surface area (Å²) in [7, 11) is 0. The minimum atomic E-state index is -0.363. The van der Waals surface area contributed by atoms with Gasteiger partial charge in [-0.15, -0.1) is 0 Å². The van der Waals surface area contributed by atoms with Crippen LogP contribution in [0.15, 0.2) is 0 Å². The summed E-state index contributed by atoms with van der Waals surface area (Å²) in [6, 6.07) is 0.273. The van der Waals surface area contributed by atoms with Crippen LogP contribution in [0.4, 0.5) is 0 Å². The maximum absolute atomic E-state index is 11.1. The van der Waals surface area contributed by atoms with E-state index in [1.807, 2.05) is 0 Å². The Hall–Kier alpha value is -0.610. The second-order valence-corrected chi connectivity index (χ2v) is 4.09. The van der Waals surface area contributed by atoms with Crippen molar-refractivity contribution in [2.24, 2.45) is 5.73 Å². The van der Waals surface area contributed by atoms with E-state index in [1.54, 1.807) is 0 Å². The first-order valence-electron chi connectivity index (χ1n) is 4.91. The number of hydrogen-bond acceptors (Lipinski definition) is 3. The SMILES string of the molecule is NC(=O)C1CC(O)CN1C1CCC1. The van der Waals surface area contributed by atoms with Crippen LogP contribution in [-0.4, -0.2) is 40.6 Å². The van der Waals surface area contributed by atoms with Gasteiger partial charge in [0.05, 0.1) is 12.1 Å². The lowest BCUT2D eigenvalue weighted by Crippen LogP contribution is -2.48. The number of likely N-dealkylation sites (tertiary alicyclic amines) is 1. The van der Waals surface area contributed by atoms with Crippen molar-refractivity contribution in [3.8, 4) is 0 Å². The lowest BCUT2D eigenvalue weighted by Gasteiger charge is -2.37. The number of carbonyl (C=O) groups is 1. The molecule has 1 heterocycles. The van der Waals surface area contributed by atoms with Gasteiger partial charge >= 0.3 is 0 Å². The average molecular weight is 184 g/mol. The zero-order chi connectivity index (χ0) is 9.42. The van der Waals surface area contributed by atoms with Crippen LogP contribution in [0.1, 0.15) is 25.7 Å². The highest BCUT2D eigenvalue weighted by Gasteiger charge is 2.40. The molecule has 3 N–H and O–H groups in total. The summed E-state index contributed by atoms with van der Waals surface area (Å²) in [6.07, 6.45) is 3.69. The van der Waals surface area contributed by atoms with Crippen molar-refractivity contribution in [3.63, 3.8) is 0 Å². The lowest BCUT2D eigenvalue weighted by atomic mass is 9.91. The van der Waals surface area contributed by atoms with Crippen LogP contribution < -0.4 is 5.73 Å². The van der Waals surface area contributed by atoms with E-state index in [1.165, 1.54) is 6.42 Å². The first-order chi connectivity index (χ1) is 6.18. The van der Waals surface area contributed by atoms with Crippen molar-refractivity contribution >= 4 is 5.91 Å². The fourth-order valence-corrected chi connectivity index (χ4v) is 2.24. The van der Waals surface area contributed by atoms with Crippen LogP contribution in [0, 0.1) is 0 Å². The topological polar surface area (TPSA) is 66.6 Å². The Morgan fingerprint density at radius 3 is 2.62 bits per heavy atom. The molecule has 2 aliphatic rings. The fourth-order valence-electron chi connectivity index (χ4n) is 2.24. The zero-order valence-electron chi connectivity index (χ0n) is 7.65. The summed E-state index contributed by atoms with van der Waals surface area (Å²) in [5.74, 6) is -0.288. The van der Waals surface area contributed by atoms with E-state index in [4.69, 9.17) is 5.73 Å². The quantitative estimate of drug-likeness (QED) is 0.605. The van der Waals surface area contributed by atoms with Gasteiger partial charge in [0.1, 0.15) is 0 Å². The highest BCUT2D eigenvalue weighted by Crippen LogP contribution is 2.31. The van der Waals surface area contributed by atoms with Crippen molar-refractivity contribution in [2.75, 3.05) is 6.54 Å². The number of rotatable bonds is 2. The lowest BCUT2D eigenvalue weighted by molar-refractivity contribution is -0.123. The molecule has 0 aromatic heterocycles. The molecule has 1 aliphatic carbocycles. The van der Waals surface area contributed by atoms with Crippen LogP contribution in [0.2, 0.25) is 0 Å². The molecule has 0 bridgehead atoms. The van der Waals surface area contributed by atoms with Gasteiger partial charge in [-0.05, 0) is 19.3 Å². The molecule has 2 rings (SSSR count). The van der Waals surface area contributed by atoms with E-state index in [0.717, 1.165) is 12.8 Å². The predicted molar refractivity (Wildman–Crippen MR) is 48.0 cm³/mol. The minimum absolute atomic E-state index is 0.222. The monoisotopic (exact) mass is 184 g/mol. The molecule has 1 amide bonds. The third kappa shape index (κ3) is 1.56. The summed E-state index contributed by atoms with van der Waals surface area (Å²) in [5.41, 5.74) is 5.28. The normalized spacial score (nSPS) is 36.1. The molecule has 0 radical (unpaired) electrons. The Morgan fingerprint density at radius 2 is 2.15 bits per heavy atom. The Morgan fingerprint density at radius 1 is 1.46 bits per heavy atom. The van der Waals surface area contributed by atoms with Crippen LogP contribution in [-0.2, 0) is 4.79 Å². The van der Waals surface area contributed by atoms with E-state index in [0.29, 0.717) is 19.0 Å². The van der Waals surface area contributed by atoms with Gasteiger partial charge in [0.2, 0.25) is 5.91 Å². The van der Waals surface area contributed by atoms with Crippen molar-refractivity contribution in [1.82, 2.24) is 4.90 Å². The van der Waals surface area contributed by atoms with Gasteiger partial charge in [0.25, 0.3) is 0 Å². The largest absolute Gasteiger partial charge is 0.392 e. The number of β-amino-alcohol motifs (C(OH)–C–C–N with tert-alkyl or cyclic N) is 1. The van der Waals surface area contributed by atoms with Crippen molar-refractivity contribution < 1.29 is 9.90 Å². The van der Waals surface area contributed by atoms with Gasteiger partial charge in [-0.2, -0.15) is 0 Å². The summed E-state index contributed by atoms with van der Waals surface area (Å²) in [4.78, 5) is 13.2. The molecule has 2 unspecified atom stereocenters. The van der Waals surface area contributed by atoms with Crippen molar-refractivity contribution in [2.45, 2.75) is 43.9 Å². The molecule has 4 heteroatoms. The molecule has 0 aromatic rings. The molecule has 74 valence electrons. The van der Waals surface area contributed by atoms with E-state index < -0.39 is 0 Å². The Bertz CT molecular complexity index is 216. The Balaban J connectivity index is 2.02. The first-order valence-corrected chi connectivity index (χ1v) is 4.91. The van der Waals surface area contributed by atoms with Gasteiger partial charge in [-0.3, -0.25) is 9.69 Å². The number of nitrogens with two attached hydrogens (primary N) is 1. The van der Waals surface area contributed by atoms with Crippen LogP contribution in [0.3, 0.4) is 0 Å². The van der Waals surface area contributed by atoms with Crippen molar-refractivity contribution in [1.29, 1.82) is 0 Å². The second-order valence-electron chi connectivity index (χ2n) is 4.09.